The lowest BCUT2D eigenvalue weighted by atomic mass is 9.89. The molecule has 0 radical (unpaired) electrons. The Labute approximate surface area is 183 Å². The highest BCUT2D eigenvalue weighted by Gasteiger charge is 2.42. The molecule has 0 spiro atoms. The van der Waals surface area contributed by atoms with E-state index in [2.05, 4.69) is 16.3 Å². The van der Waals surface area contributed by atoms with Crippen LogP contribution in [0.5, 0.6) is 5.75 Å². The van der Waals surface area contributed by atoms with E-state index < -0.39 is 5.54 Å². The first-order valence-electron chi connectivity index (χ1n) is 10.7. The topological polar surface area (TPSA) is 65.4 Å². The predicted octanol–water partition coefficient (Wildman–Crippen LogP) is 4.35. The first-order valence-corrected chi connectivity index (χ1v) is 10.7. The normalized spacial score (nSPS) is 15.9. The molecule has 158 valence electrons. The third-order valence-electron chi connectivity index (χ3n) is 6.37. The number of carbonyl (C=O) groups excluding carboxylic acids is 1. The Morgan fingerprint density at radius 1 is 1.13 bits per heavy atom. The van der Waals surface area contributed by atoms with E-state index in [4.69, 9.17) is 4.74 Å². The van der Waals surface area contributed by atoms with Gasteiger partial charge in [-0.15, -0.1) is 0 Å². The minimum atomic E-state index is -0.756. The Morgan fingerprint density at radius 3 is 2.48 bits per heavy atom. The first kappa shape index (κ1) is 20.9. The number of amides is 1. The van der Waals surface area contributed by atoms with Gasteiger partial charge in [0.05, 0.1) is 12.7 Å². The summed E-state index contributed by atoms with van der Waals surface area (Å²) in [7, 11) is 1.56. The molecule has 0 aromatic heterocycles. The molecule has 1 atom stereocenters. The highest BCUT2D eigenvalue weighted by atomic mass is 16.5. The Morgan fingerprint density at radius 2 is 1.81 bits per heavy atom. The summed E-state index contributed by atoms with van der Waals surface area (Å²) in [5.41, 5.74) is 1.52. The first-order chi connectivity index (χ1) is 15.1. The fourth-order valence-electron chi connectivity index (χ4n) is 4.62. The molecule has 3 aromatic rings. The summed E-state index contributed by atoms with van der Waals surface area (Å²) < 4.78 is 5.59. The molecule has 31 heavy (non-hydrogen) atoms. The molecule has 1 amide bonds. The standard InChI is InChI=1S/C26H27N3O2/c1-26(29-14-8-9-15-29,21-11-4-3-5-12-21)25(30)28-18-23-22-13-7-6-10-19(22)16-20(17-27)24(23)31-2/h3-7,10-13,16H,8-9,14-15,18H2,1-2H3,(H,28,30). The van der Waals surface area contributed by atoms with Crippen LogP contribution in [0, 0.1) is 11.3 Å². The average molecular weight is 414 g/mol. The van der Waals surface area contributed by atoms with Crippen LogP contribution in [0.25, 0.3) is 10.8 Å². The van der Waals surface area contributed by atoms with E-state index in [1.54, 1.807) is 7.11 Å². The van der Waals surface area contributed by atoms with E-state index >= 15 is 0 Å². The molecule has 1 saturated heterocycles. The lowest BCUT2D eigenvalue weighted by molar-refractivity contribution is -0.133. The van der Waals surface area contributed by atoms with E-state index in [1.165, 1.54) is 0 Å². The third-order valence-corrected chi connectivity index (χ3v) is 6.37. The smallest absolute Gasteiger partial charge is 0.245 e. The van der Waals surface area contributed by atoms with Crippen molar-refractivity contribution in [3.63, 3.8) is 0 Å². The van der Waals surface area contributed by atoms with Crippen molar-refractivity contribution >= 4 is 16.7 Å². The summed E-state index contributed by atoms with van der Waals surface area (Å²) in [4.78, 5) is 15.9. The van der Waals surface area contributed by atoms with Crippen LogP contribution in [-0.2, 0) is 16.9 Å². The summed E-state index contributed by atoms with van der Waals surface area (Å²) in [5, 5.41) is 14.7. The summed E-state index contributed by atoms with van der Waals surface area (Å²) in [6, 6.07) is 21.9. The maximum absolute atomic E-state index is 13.7. The Bertz CT molecular complexity index is 1130. The minimum absolute atomic E-state index is 0.0471. The molecule has 4 rings (SSSR count). The number of ether oxygens (including phenoxy) is 1. The van der Waals surface area contributed by atoms with Gasteiger partial charge in [0, 0.05) is 12.1 Å². The number of rotatable bonds is 6. The highest BCUT2D eigenvalue weighted by molar-refractivity contribution is 5.91. The van der Waals surface area contributed by atoms with E-state index in [9.17, 15) is 10.1 Å². The van der Waals surface area contributed by atoms with Crippen LogP contribution in [0.2, 0.25) is 0 Å². The zero-order chi connectivity index (χ0) is 21.8. The lowest BCUT2D eigenvalue weighted by Crippen LogP contribution is -2.53. The molecule has 3 aromatic carbocycles. The second-order valence-corrected chi connectivity index (χ2v) is 8.08. The van der Waals surface area contributed by atoms with Crippen LogP contribution in [0.1, 0.15) is 36.5 Å². The zero-order valence-electron chi connectivity index (χ0n) is 18.0. The van der Waals surface area contributed by atoms with Crippen LogP contribution in [0.4, 0.5) is 0 Å². The highest BCUT2D eigenvalue weighted by Crippen LogP contribution is 2.34. The number of carbonyl (C=O) groups is 1. The molecule has 5 heteroatoms. The van der Waals surface area contributed by atoms with Crippen molar-refractivity contribution < 1.29 is 9.53 Å². The number of fused-ring (bicyclic) bond motifs is 1. The molecule has 1 heterocycles. The molecule has 0 aliphatic carbocycles. The lowest BCUT2D eigenvalue weighted by Gasteiger charge is -2.38. The van der Waals surface area contributed by atoms with Crippen molar-refractivity contribution in [1.29, 1.82) is 5.26 Å². The summed E-state index contributed by atoms with van der Waals surface area (Å²) >= 11 is 0. The quantitative estimate of drug-likeness (QED) is 0.653. The van der Waals surface area contributed by atoms with Crippen LogP contribution in [0.15, 0.2) is 60.7 Å². The molecular formula is C26H27N3O2. The molecule has 1 aliphatic heterocycles. The fraction of sp³-hybridized carbons (Fsp3) is 0.308. The van der Waals surface area contributed by atoms with Gasteiger partial charge >= 0.3 is 0 Å². The molecule has 1 unspecified atom stereocenters. The molecule has 1 N–H and O–H groups in total. The van der Waals surface area contributed by atoms with Crippen LogP contribution in [0.3, 0.4) is 0 Å². The zero-order valence-corrected chi connectivity index (χ0v) is 18.0. The van der Waals surface area contributed by atoms with Crippen molar-refractivity contribution in [3.05, 3.63) is 77.4 Å². The van der Waals surface area contributed by atoms with Gasteiger partial charge in [0.1, 0.15) is 17.4 Å². The van der Waals surface area contributed by atoms with Crippen molar-refractivity contribution in [1.82, 2.24) is 10.2 Å². The summed E-state index contributed by atoms with van der Waals surface area (Å²) in [6.07, 6.45) is 2.19. The number of hydrogen-bond acceptors (Lipinski definition) is 4. The number of nitrogens with zero attached hydrogens (tertiary/aromatic N) is 2. The molecular weight excluding hydrogens is 386 g/mol. The van der Waals surface area contributed by atoms with Crippen molar-refractivity contribution in [2.45, 2.75) is 31.8 Å². The van der Waals surface area contributed by atoms with Crippen molar-refractivity contribution in [3.8, 4) is 11.8 Å². The van der Waals surface area contributed by atoms with Gasteiger partial charge in [-0.25, -0.2) is 0 Å². The monoisotopic (exact) mass is 413 g/mol. The number of likely N-dealkylation sites (tertiary alicyclic amines) is 1. The van der Waals surface area contributed by atoms with E-state index in [0.29, 0.717) is 11.3 Å². The number of nitriles is 1. The Hall–Kier alpha value is -3.36. The minimum Gasteiger partial charge on any atom is -0.495 e. The van der Waals surface area contributed by atoms with Gasteiger partial charge in [0.2, 0.25) is 5.91 Å². The number of benzene rings is 3. The number of hydrogen-bond donors (Lipinski definition) is 1. The molecule has 5 nitrogen and oxygen atoms in total. The van der Waals surface area contributed by atoms with Crippen LogP contribution >= 0.6 is 0 Å². The van der Waals surface area contributed by atoms with Gasteiger partial charge in [-0.2, -0.15) is 5.26 Å². The SMILES string of the molecule is COc1c(C#N)cc2ccccc2c1CNC(=O)C(C)(c1ccccc1)N1CCCC1. The Balaban J connectivity index is 1.70. The third kappa shape index (κ3) is 3.75. The van der Waals surface area contributed by atoms with Crippen LogP contribution < -0.4 is 10.1 Å². The second-order valence-electron chi connectivity index (χ2n) is 8.08. The summed E-state index contributed by atoms with van der Waals surface area (Å²) in [6.45, 7) is 4.09. The van der Waals surface area contributed by atoms with Gasteiger partial charge in [-0.05, 0) is 55.3 Å². The maximum atomic E-state index is 13.7. The van der Waals surface area contributed by atoms with Gasteiger partial charge < -0.3 is 10.1 Å². The van der Waals surface area contributed by atoms with E-state index in [1.807, 2.05) is 67.6 Å². The van der Waals surface area contributed by atoms with Crippen LogP contribution in [-0.4, -0.2) is 31.0 Å². The van der Waals surface area contributed by atoms with Gasteiger partial charge in [0.25, 0.3) is 0 Å². The molecule has 1 fully saturated rings. The average Bonchev–Trinajstić information content (AvgIpc) is 3.37. The van der Waals surface area contributed by atoms with Gasteiger partial charge in [-0.3, -0.25) is 9.69 Å². The van der Waals surface area contributed by atoms with E-state index in [-0.39, 0.29) is 12.5 Å². The number of nitrogens with one attached hydrogen (secondary N) is 1. The molecule has 0 bridgehead atoms. The predicted molar refractivity (Wildman–Crippen MR) is 122 cm³/mol. The van der Waals surface area contributed by atoms with Gasteiger partial charge in [-0.1, -0.05) is 54.6 Å². The second kappa shape index (κ2) is 8.79. The fourth-order valence-corrected chi connectivity index (χ4v) is 4.62. The van der Waals surface area contributed by atoms with Crippen molar-refractivity contribution in [2.24, 2.45) is 0 Å². The van der Waals surface area contributed by atoms with Gasteiger partial charge in [0.15, 0.2) is 0 Å². The maximum Gasteiger partial charge on any atom is 0.245 e. The Kier molecular flexibility index (Phi) is 5.92. The summed E-state index contributed by atoms with van der Waals surface area (Å²) in [5.74, 6) is 0.471. The molecule has 0 saturated carbocycles. The molecule has 1 aliphatic rings. The largest absolute Gasteiger partial charge is 0.495 e. The number of methoxy groups -OCH3 is 1. The van der Waals surface area contributed by atoms with Crippen molar-refractivity contribution in [2.75, 3.05) is 20.2 Å². The van der Waals surface area contributed by atoms with E-state index in [0.717, 1.165) is 47.8 Å².